The summed E-state index contributed by atoms with van der Waals surface area (Å²) in [5, 5.41) is 11.2. The summed E-state index contributed by atoms with van der Waals surface area (Å²) < 4.78 is 28.5. The minimum absolute atomic E-state index is 0.0706. The van der Waals surface area contributed by atoms with Crippen molar-refractivity contribution in [3.63, 3.8) is 0 Å². The van der Waals surface area contributed by atoms with Crippen LogP contribution in [0.5, 0.6) is 0 Å². The summed E-state index contributed by atoms with van der Waals surface area (Å²) in [6, 6.07) is 12.9. The molecular formula is C20H19ClN4O3S3. The number of carbonyl (C=O) groups excluding carboxylic acids is 1. The molecule has 0 bridgehead atoms. The second-order valence-electron chi connectivity index (χ2n) is 6.23. The maximum Gasteiger partial charge on any atom is 0.264 e. The highest BCUT2D eigenvalue weighted by atomic mass is 35.5. The molecule has 11 heteroatoms. The Morgan fingerprint density at radius 1 is 1.23 bits per heavy atom. The second-order valence-corrected chi connectivity index (χ2v) is 10.7. The highest BCUT2D eigenvalue weighted by molar-refractivity contribution is 8.01. The molecule has 0 saturated heterocycles. The first kappa shape index (κ1) is 23.3. The Labute approximate surface area is 194 Å². The van der Waals surface area contributed by atoms with E-state index in [0.717, 1.165) is 4.31 Å². The van der Waals surface area contributed by atoms with E-state index >= 15 is 0 Å². The summed E-state index contributed by atoms with van der Waals surface area (Å²) in [5.74, 6) is 0.120. The SMILES string of the molecule is C=CCSc1nnc(NC(=O)CN(c2cccc(Cl)c2C)S(=O)(=O)c2ccccc2)s1. The quantitative estimate of drug-likeness (QED) is 0.265. The van der Waals surface area contributed by atoms with Crippen molar-refractivity contribution in [1.82, 2.24) is 10.2 Å². The highest BCUT2D eigenvalue weighted by Gasteiger charge is 2.29. The minimum atomic E-state index is -4.02. The molecule has 162 valence electrons. The van der Waals surface area contributed by atoms with E-state index in [4.69, 9.17) is 11.6 Å². The van der Waals surface area contributed by atoms with Crippen molar-refractivity contribution < 1.29 is 13.2 Å². The lowest BCUT2D eigenvalue weighted by Crippen LogP contribution is -2.38. The van der Waals surface area contributed by atoms with Crippen LogP contribution in [0.1, 0.15) is 5.56 Å². The van der Waals surface area contributed by atoms with Gasteiger partial charge in [0.05, 0.1) is 10.6 Å². The van der Waals surface area contributed by atoms with Gasteiger partial charge in [-0.3, -0.25) is 14.4 Å². The summed E-state index contributed by atoms with van der Waals surface area (Å²) in [5.41, 5.74) is 0.876. The number of hydrogen-bond donors (Lipinski definition) is 1. The number of hydrogen-bond acceptors (Lipinski definition) is 7. The van der Waals surface area contributed by atoms with Gasteiger partial charge in [0.2, 0.25) is 11.0 Å². The van der Waals surface area contributed by atoms with Crippen LogP contribution in [0, 0.1) is 6.92 Å². The smallest absolute Gasteiger partial charge is 0.264 e. The van der Waals surface area contributed by atoms with Crippen molar-refractivity contribution in [2.45, 2.75) is 16.2 Å². The van der Waals surface area contributed by atoms with Gasteiger partial charge in [-0.15, -0.1) is 16.8 Å². The normalized spacial score (nSPS) is 11.2. The summed E-state index contributed by atoms with van der Waals surface area (Å²) in [4.78, 5) is 12.8. The Balaban J connectivity index is 1.90. The molecule has 31 heavy (non-hydrogen) atoms. The van der Waals surface area contributed by atoms with Gasteiger partial charge in [0, 0.05) is 10.8 Å². The van der Waals surface area contributed by atoms with Crippen LogP contribution in [0.2, 0.25) is 5.02 Å². The number of amides is 1. The maximum atomic E-state index is 13.4. The van der Waals surface area contributed by atoms with Crippen molar-refractivity contribution in [3.05, 3.63) is 71.8 Å². The number of rotatable bonds is 9. The van der Waals surface area contributed by atoms with Crippen LogP contribution in [0.25, 0.3) is 0 Å². The number of halogens is 1. The molecule has 0 unspecified atom stereocenters. The first-order valence-electron chi connectivity index (χ1n) is 9.03. The standard InChI is InChI=1S/C20H19ClN4O3S3/c1-3-12-29-20-24-23-19(30-20)22-18(26)13-25(17-11-7-10-16(21)14(17)2)31(27,28)15-8-5-4-6-9-15/h3-11H,1,12-13H2,2H3,(H,22,23,26). The van der Waals surface area contributed by atoms with E-state index in [1.165, 1.54) is 35.2 Å². The maximum absolute atomic E-state index is 13.4. The molecule has 2 aromatic carbocycles. The average molecular weight is 495 g/mol. The first-order chi connectivity index (χ1) is 14.8. The molecule has 1 N–H and O–H groups in total. The molecule has 0 aliphatic heterocycles. The van der Waals surface area contributed by atoms with E-state index < -0.39 is 22.5 Å². The van der Waals surface area contributed by atoms with Crippen molar-refractivity contribution in [2.24, 2.45) is 0 Å². The fourth-order valence-electron chi connectivity index (χ4n) is 2.62. The zero-order valence-electron chi connectivity index (χ0n) is 16.5. The largest absolute Gasteiger partial charge is 0.299 e. The van der Waals surface area contributed by atoms with Gasteiger partial charge in [0.15, 0.2) is 4.34 Å². The van der Waals surface area contributed by atoms with E-state index in [0.29, 0.717) is 26.4 Å². The average Bonchev–Trinajstić information content (AvgIpc) is 3.20. The summed E-state index contributed by atoms with van der Waals surface area (Å²) in [6.45, 7) is 4.90. The van der Waals surface area contributed by atoms with E-state index in [2.05, 4.69) is 22.1 Å². The Morgan fingerprint density at radius 2 is 1.97 bits per heavy atom. The zero-order chi connectivity index (χ0) is 22.4. The molecule has 0 atom stereocenters. The lowest BCUT2D eigenvalue weighted by atomic mass is 10.2. The molecular weight excluding hydrogens is 476 g/mol. The van der Waals surface area contributed by atoms with E-state index in [1.54, 1.807) is 49.4 Å². The predicted molar refractivity (Wildman–Crippen MR) is 127 cm³/mol. The van der Waals surface area contributed by atoms with Crippen molar-refractivity contribution >= 4 is 61.4 Å². The molecule has 0 aliphatic rings. The third-order valence-electron chi connectivity index (χ3n) is 4.10. The number of thioether (sulfide) groups is 1. The lowest BCUT2D eigenvalue weighted by Gasteiger charge is -2.25. The Kier molecular flexibility index (Phi) is 7.71. The molecule has 0 saturated carbocycles. The number of carbonyl (C=O) groups is 1. The first-order valence-corrected chi connectivity index (χ1v) is 12.6. The zero-order valence-corrected chi connectivity index (χ0v) is 19.7. The fraction of sp³-hybridized carbons (Fsp3) is 0.150. The predicted octanol–water partition coefficient (Wildman–Crippen LogP) is 4.61. The molecule has 7 nitrogen and oxygen atoms in total. The number of anilines is 2. The number of nitrogens with one attached hydrogen (secondary N) is 1. The molecule has 1 heterocycles. The molecule has 0 aliphatic carbocycles. The van der Waals surface area contributed by atoms with Crippen LogP contribution in [-0.4, -0.2) is 36.8 Å². The molecule has 3 aromatic rings. The molecule has 1 aromatic heterocycles. The van der Waals surface area contributed by atoms with Crippen LogP contribution < -0.4 is 9.62 Å². The van der Waals surface area contributed by atoms with Gasteiger partial charge in [-0.05, 0) is 36.8 Å². The third-order valence-corrected chi connectivity index (χ3v) is 8.25. The molecule has 0 radical (unpaired) electrons. The van der Waals surface area contributed by atoms with Gasteiger partial charge in [-0.2, -0.15) is 0 Å². The number of aromatic nitrogens is 2. The van der Waals surface area contributed by atoms with Gasteiger partial charge in [-0.1, -0.05) is 65.0 Å². The highest BCUT2D eigenvalue weighted by Crippen LogP contribution is 2.31. The van der Waals surface area contributed by atoms with Gasteiger partial charge < -0.3 is 0 Å². The van der Waals surface area contributed by atoms with Crippen molar-refractivity contribution in [3.8, 4) is 0 Å². The van der Waals surface area contributed by atoms with Crippen molar-refractivity contribution in [1.29, 1.82) is 0 Å². The van der Waals surface area contributed by atoms with E-state index in [9.17, 15) is 13.2 Å². The lowest BCUT2D eigenvalue weighted by molar-refractivity contribution is -0.114. The van der Waals surface area contributed by atoms with Crippen LogP contribution in [-0.2, 0) is 14.8 Å². The number of nitrogens with zero attached hydrogens (tertiary/aromatic N) is 3. The number of sulfonamides is 1. The Morgan fingerprint density at radius 3 is 2.68 bits per heavy atom. The molecule has 0 fully saturated rings. The number of benzene rings is 2. The molecule has 1 amide bonds. The van der Waals surface area contributed by atoms with Crippen LogP contribution in [0.3, 0.4) is 0 Å². The minimum Gasteiger partial charge on any atom is -0.299 e. The van der Waals surface area contributed by atoms with Gasteiger partial charge in [0.1, 0.15) is 6.54 Å². The second kappa shape index (κ2) is 10.3. The summed E-state index contributed by atoms with van der Waals surface area (Å²) in [6.07, 6.45) is 1.74. The summed E-state index contributed by atoms with van der Waals surface area (Å²) in [7, 11) is -4.02. The third kappa shape index (κ3) is 5.65. The van der Waals surface area contributed by atoms with Crippen molar-refractivity contribution in [2.75, 3.05) is 21.9 Å². The van der Waals surface area contributed by atoms with Gasteiger partial charge in [0.25, 0.3) is 10.0 Å². The van der Waals surface area contributed by atoms with Gasteiger partial charge in [-0.25, -0.2) is 8.42 Å². The fourth-order valence-corrected chi connectivity index (χ4v) is 5.82. The Hall–Kier alpha value is -2.40. The molecule has 0 spiro atoms. The van der Waals surface area contributed by atoms with E-state index in [1.807, 2.05) is 0 Å². The van der Waals surface area contributed by atoms with Crippen LogP contribution >= 0.6 is 34.7 Å². The summed E-state index contributed by atoms with van der Waals surface area (Å²) >= 11 is 8.86. The van der Waals surface area contributed by atoms with Gasteiger partial charge >= 0.3 is 0 Å². The van der Waals surface area contributed by atoms with Crippen LogP contribution in [0.15, 0.2) is 70.4 Å². The van der Waals surface area contributed by atoms with Crippen LogP contribution in [0.4, 0.5) is 10.8 Å². The molecule has 3 rings (SSSR count). The topological polar surface area (TPSA) is 92.3 Å². The van der Waals surface area contributed by atoms with E-state index in [-0.39, 0.29) is 10.0 Å². The monoisotopic (exact) mass is 494 g/mol. The Bertz CT molecular complexity index is 1180.